The summed E-state index contributed by atoms with van der Waals surface area (Å²) in [5.41, 5.74) is 0. The lowest BCUT2D eigenvalue weighted by molar-refractivity contribution is -0.118. The van der Waals surface area contributed by atoms with Crippen molar-refractivity contribution in [3.63, 3.8) is 0 Å². The van der Waals surface area contributed by atoms with Crippen molar-refractivity contribution >= 4 is 28.5 Å². The zero-order valence-electron chi connectivity index (χ0n) is 6.35. The normalized spacial score (nSPS) is 10.0. The fourth-order valence-electron chi connectivity index (χ4n) is 0.483. The van der Waals surface area contributed by atoms with E-state index in [1.807, 2.05) is 7.05 Å². The molecule has 0 aliphatic rings. The summed E-state index contributed by atoms with van der Waals surface area (Å²) in [6, 6.07) is 0. The number of likely N-dealkylation sites (N-methyl/N-ethyl adjacent to an activating group) is 1. The van der Waals surface area contributed by atoms with Crippen molar-refractivity contribution in [2.75, 3.05) is 24.7 Å². The molecule has 1 N–H and O–H groups in total. The van der Waals surface area contributed by atoms with Crippen molar-refractivity contribution in [3.8, 4) is 0 Å². The molecule has 0 fully saturated rings. The topological polar surface area (TPSA) is 32.3 Å². The summed E-state index contributed by atoms with van der Waals surface area (Å²) in [6.45, 7) is 3.20. The molecule has 0 rings (SSSR count). The molecule has 0 radical (unpaired) electrons. The van der Waals surface area contributed by atoms with Crippen molar-refractivity contribution in [2.24, 2.45) is 0 Å². The molecule has 1 amide bonds. The number of hydrogen-bond donors (Lipinski definition) is 1. The van der Waals surface area contributed by atoms with E-state index in [9.17, 15) is 4.79 Å². The molecule has 0 unspecified atom stereocenters. The van der Waals surface area contributed by atoms with Crippen LogP contribution in [0.15, 0.2) is 0 Å². The summed E-state index contributed by atoms with van der Waals surface area (Å²) in [5, 5.41) is 2.73. The van der Waals surface area contributed by atoms with E-state index in [-0.39, 0.29) is 5.91 Å². The second-order valence-corrected chi connectivity index (χ2v) is 2.86. The molecule has 0 aromatic rings. The van der Waals surface area contributed by atoms with Gasteiger partial charge in [-0.25, -0.2) is 0 Å². The van der Waals surface area contributed by atoms with Gasteiger partial charge >= 0.3 is 0 Å². The summed E-state index contributed by atoms with van der Waals surface area (Å²) >= 11 is 2.28. The van der Waals surface area contributed by atoms with Gasteiger partial charge in [-0.2, -0.15) is 0 Å². The quantitative estimate of drug-likeness (QED) is 0.450. The molecule has 0 aromatic heterocycles. The number of nitrogens with one attached hydrogen (secondary N) is 1. The van der Waals surface area contributed by atoms with E-state index >= 15 is 0 Å². The smallest absolute Gasteiger partial charge is 0.216 e. The fraction of sp³-hybridized carbons (Fsp3) is 0.833. The lowest BCUT2D eigenvalue weighted by atomic mass is 10.5. The van der Waals surface area contributed by atoms with Crippen LogP contribution in [0.4, 0.5) is 0 Å². The average molecular weight is 256 g/mol. The Bertz CT molecular complexity index is 108. The zero-order chi connectivity index (χ0) is 7.98. The molecule has 0 aliphatic heterocycles. The van der Waals surface area contributed by atoms with Crippen molar-refractivity contribution in [3.05, 3.63) is 0 Å². The first-order chi connectivity index (χ1) is 4.66. The van der Waals surface area contributed by atoms with Crippen molar-refractivity contribution in [1.29, 1.82) is 0 Å². The number of halogens is 1. The summed E-state index contributed by atoms with van der Waals surface area (Å²) in [4.78, 5) is 12.5. The van der Waals surface area contributed by atoms with Gasteiger partial charge in [0, 0.05) is 20.0 Å². The van der Waals surface area contributed by atoms with Gasteiger partial charge in [-0.1, -0.05) is 22.6 Å². The highest BCUT2D eigenvalue weighted by Gasteiger charge is 1.94. The van der Waals surface area contributed by atoms with Crippen LogP contribution in [-0.4, -0.2) is 35.5 Å². The predicted octanol–water partition coefficient (Wildman–Crippen LogP) is 0.447. The van der Waals surface area contributed by atoms with E-state index in [2.05, 4.69) is 32.8 Å². The summed E-state index contributed by atoms with van der Waals surface area (Å²) in [7, 11) is 2.02. The van der Waals surface area contributed by atoms with Gasteiger partial charge in [-0.15, -0.1) is 0 Å². The Hall–Kier alpha value is 0.160. The maximum Gasteiger partial charge on any atom is 0.216 e. The Morgan fingerprint density at radius 3 is 2.70 bits per heavy atom. The fourth-order valence-corrected chi connectivity index (χ4v) is 0.824. The SMILES string of the molecule is CC(=O)NCCN(C)CI. The van der Waals surface area contributed by atoms with E-state index in [0.29, 0.717) is 0 Å². The first-order valence-corrected chi connectivity index (χ1v) is 4.68. The predicted molar refractivity (Wildman–Crippen MR) is 50.2 cm³/mol. The number of rotatable bonds is 4. The molecule has 0 saturated heterocycles. The molecule has 3 nitrogen and oxygen atoms in total. The largest absolute Gasteiger partial charge is 0.355 e. The highest BCUT2D eigenvalue weighted by Crippen LogP contribution is 1.86. The highest BCUT2D eigenvalue weighted by molar-refractivity contribution is 14.1. The van der Waals surface area contributed by atoms with E-state index in [4.69, 9.17) is 0 Å². The lowest BCUT2D eigenvalue weighted by Crippen LogP contribution is -2.30. The van der Waals surface area contributed by atoms with Gasteiger partial charge in [0.15, 0.2) is 0 Å². The molecule has 0 atom stereocenters. The third-order valence-electron chi connectivity index (χ3n) is 1.07. The van der Waals surface area contributed by atoms with Crippen molar-refractivity contribution in [1.82, 2.24) is 10.2 Å². The molecule has 60 valence electrons. The molecule has 10 heavy (non-hydrogen) atoms. The summed E-state index contributed by atoms with van der Waals surface area (Å²) in [5.74, 6) is 0.0434. The highest BCUT2D eigenvalue weighted by atomic mass is 127. The van der Waals surface area contributed by atoms with Gasteiger partial charge in [0.05, 0.1) is 4.55 Å². The number of alkyl halides is 1. The van der Waals surface area contributed by atoms with Gasteiger partial charge in [0.2, 0.25) is 5.91 Å². The number of nitrogens with zero attached hydrogens (tertiary/aromatic N) is 1. The van der Waals surface area contributed by atoms with Crippen LogP contribution in [0.2, 0.25) is 0 Å². The van der Waals surface area contributed by atoms with Crippen LogP contribution >= 0.6 is 22.6 Å². The molecule has 0 aliphatic carbocycles. The standard InChI is InChI=1S/C6H13IN2O/c1-6(10)8-3-4-9(2)5-7/h3-5H2,1-2H3,(H,8,10). The Balaban J connectivity index is 3.11. The minimum atomic E-state index is 0.0434. The summed E-state index contributed by atoms with van der Waals surface area (Å²) in [6.07, 6.45) is 0. The first kappa shape index (κ1) is 10.2. The molecular formula is C6H13IN2O. The van der Waals surface area contributed by atoms with Crippen LogP contribution in [0.3, 0.4) is 0 Å². The van der Waals surface area contributed by atoms with E-state index in [1.165, 1.54) is 6.92 Å². The van der Waals surface area contributed by atoms with Gasteiger partial charge in [-0.05, 0) is 7.05 Å². The van der Waals surface area contributed by atoms with Crippen LogP contribution < -0.4 is 5.32 Å². The number of hydrogen-bond acceptors (Lipinski definition) is 2. The molecule has 0 heterocycles. The van der Waals surface area contributed by atoms with E-state index in [1.54, 1.807) is 0 Å². The minimum Gasteiger partial charge on any atom is -0.355 e. The third-order valence-corrected chi connectivity index (χ3v) is 2.24. The molecule has 0 aromatic carbocycles. The van der Waals surface area contributed by atoms with Crippen LogP contribution in [0, 0.1) is 0 Å². The van der Waals surface area contributed by atoms with Gasteiger partial charge in [-0.3, -0.25) is 9.69 Å². The summed E-state index contributed by atoms with van der Waals surface area (Å²) < 4.78 is 0.997. The second kappa shape index (κ2) is 5.91. The number of carbonyl (C=O) groups excluding carboxylic acids is 1. The maximum absolute atomic E-state index is 10.4. The van der Waals surface area contributed by atoms with Crippen LogP contribution in [0.5, 0.6) is 0 Å². The Morgan fingerprint density at radius 1 is 1.70 bits per heavy atom. The molecule has 0 spiro atoms. The maximum atomic E-state index is 10.4. The van der Waals surface area contributed by atoms with Gasteiger partial charge in [0.1, 0.15) is 0 Å². The molecule has 4 heteroatoms. The number of amides is 1. The Kier molecular flexibility index (Phi) is 6.00. The third kappa shape index (κ3) is 6.28. The van der Waals surface area contributed by atoms with Crippen LogP contribution in [0.25, 0.3) is 0 Å². The van der Waals surface area contributed by atoms with Crippen molar-refractivity contribution < 1.29 is 4.79 Å². The van der Waals surface area contributed by atoms with E-state index < -0.39 is 0 Å². The monoisotopic (exact) mass is 256 g/mol. The van der Waals surface area contributed by atoms with Gasteiger partial charge < -0.3 is 5.32 Å². The van der Waals surface area contributed by atoms with E-state index in [0.717, 1.165) is 17.6 Å². The second-order valence-electron chi connectivity index (χ2n) is 2.18. The van der Waals surface area contributed by atoms with Gasteiger partial charge in [0.25, 0.3) is 0 Å². The first-order valence-electron chi connectivity index (χ1n) is 3.15. The average Bonchev–Trinajstić information content (AvgIpc) is 1.87. The lowest BCUT2D eigenvalue weighted by Gasteiger charge is -2.11. The molecule has 0 bridgehead atoms. The van der Waals surface area contributed by atoms with Crippen molar-refractivity contribution in [2.45, 2.75) is 6.92 Å². The van der Waals surface area contributed by atoms with Crippen LogP contribution in [-0.2, 0) is 4.79 Å². The van der Waals surface area contributed by atoms with Crippen LogP contribution in [0.1, 0.15) is 6.92 Å². The molecular weight excluding hydrogens is 243 g/mol. The number of carbonyl (C=O) groups is 1. The Morgan fingerprint density at radius 2 is 2.30 bits per heavy atom. The zero-order valence-corrected chi connectivity index (χ0v) is 8.51. The molecule has 0 saturated carbocycles. The minimum absolute atomic E-state index is 0.0434. The Labute approximate surface area is 75.3 Å².